The maximum absolute atomic E-state index is 5.34. The van der Waals surface area contributed by atoms with Crippen molar-refractivity contribution in [3.05, 3.63) is 54.4 Å². The molecule has 0 aliphatic rings. The molecule has 0 aliphatic heterocycles. The van der Waals surface area contributed by atoms with Gasteiger partial charge in [-0.2, -0.15) is 10.1 Å². The third-order valence-corrected chi connectivity index (χ3v) is 3.78. The molecule has 4 rings (SSSR count). The first-order valence-electron chi connectivity index (χ1n) is 8.02. The highest BCUT2D eigenvalue weighted by atomic mass is 16.5. The van der Waals surface area contributed by atoms with Crippen LogP contribution < -0.4 is 5.32 Å². The Morgan fingerprint density at radius 2 is 2.00 bits per heavy atom. The second-order valence-electron chi connectivity index (χ2n) is 5.93. The summed E-state index contributed by atoms with van der Waals surface area (Å²) in [5.41, 5.74) is 2.63. The second kappa shape index (κ2) is 6.31. The van der Waals surface area contributed by atoms with Crippen LogP contribution in [0.15, 0.2) is 47.4 Å². The summed E-state index contributed by atoms with van der Waals surface area (Å²) in [6.45, 7) is 4.62. The molecule has 0 fully saturated rings. The second-order valence-corrected chi connectivity index (χ2v) is 5.93. The maximum Gasteiger partial charge on any atom is 0.258 e. The third kappa shape index (κ3) is 3.06. The Labute approximate surface area is 143 Å². The first-order chi connectivity index (χ1) is 12.2. The van der Waals surface area contributed by atoms with E-state index in [1.165, 1.54) is 0 Å². The van der Waals surface area contributed by atoms with Crippen molar-refractivity contribution in [3.63, 3.8) is 0 Å². The Morgan fingerprint density at radius 1 is 1.12 bits per heavy atom. The van der Waals surface area contributed by atoms with Crippen LogP contribution in [-0.2, 0) is 6.54 Å². The minimum atomic E-state index is 0.222. The number of nitrogens with zero attached hydrogens (tertiary/aromatic N) is 6. The van der Waals surface area contributed by atoms with Crippen LogP contribution in [-0.4, -0.2) is 29.7 Å². The standard InChI is InChI=1S/C17H17N7O/c1-11(2)16-22-17(25-23-16)12-3-6-18-14(9-12)20-10-13-4-7-19-15-5-8-21-24(13)15/h3-9,11H,10H2,1-2H3,(H,18,20). The van der Waals surface area contributed by atoms with Gasteiger partial charge in [0.25, 0.3) is 5.89 Å². The summed E-state index contributed by atoms with van der Waals surface area (Å²) < 4.78 is 7.13. The average Bonchev–Trinajstić information content (AvgIpc) is 3.29. The molecule has 25 heavy (non-hydrogen) atoms. The molecule has 8 nitrogen and oxygen atoms in total. The predicted molar refractivity (Wildman–Crippen MR) is 91.9 cm³/mol. The fourth-order valence-electron chi connectivity index (χ4n) is 2.45. The molecular formula is C17H17N7O. The van der Waals surface area contributed by atoms with E-state index in [0.717, 1.165) is 22.7 Å². The van der Waals surface area contributed by atoms with Crippen LogP contribution in [0.5, 0.6) is 0 Å². The number of aromatic nitrogens is 6. The molecule has 0 aliphatic carbocycles. The summed E-state index contributed by atoms with van der Waals surface area (Å²) in [6, 6.07) is 7.52. The van der Waals surface area contributed by atoms with E-state index < -0.39 is 0 Å². The quantitative estimate of drug-likeness (QED) is 0.599. The van der Waals surface area contributed by atoms with Crippen molar-refractivity contribution in [2.24, 2.45) is 0 Å². The molecule has 0 spiro atoms. The van der Waals surface area contributed by atoms with E-state index in [2.05, 4.69) is 30.5 Å². The summed E-state index contributed by atoms with van der Waals surface area (Å²) in [6.07, 6.45) is 5.21. The number of nitrogens with one attached hydrogen (secondary N) is 1. The molecular weight excluding hydrogens is 318 g/mol. The molecule has 4 heterocycles. The van der Waals surface area contributed by atoms with E-state index in [-0.39, 0.29) is 5.92 Å². The molecule has 4 aromatic rings. The van der Waals surface area contributed by atoms with Crippen molar-refractivity contribution in [1.82, 2.24) is 29.7 Å². The van der Waals surface area contributed by atoms with E-state index in [1.807, 2.05) is 38.1 Å². The van der Waals surface area contributed by atoms with Crippen LogP contribution >= 0.6 is 0 Å². The SMILES string of the molecule is CC(C)c1noc(-c2ccnc(NCc3ccnc4ccnn34)c2)n1. The zero-order valence-corrected chi connectivity index (χ0v) is 13.9. The van der Waals surface area contributed by atoms with Gasteiger partial charge in [-0.3, -0.25) is 0 Å². The van der Waals surface area contributed by atoms with Crippen molar-refractivity contribution in [2.45, 2.75) is 26.3 Å². The highest BCUT2D eigenvalue weighted by Gasteiger charge is 2.12. The molecule has 0 saturated heterocycles. The van der Waals surface area contributed by atoms with Crippen molar-refractivity contribution >= 4 is 11.5 Å². The summed E-state index contributed by atoms with van der Waals surface area (Å²) in [4.78, 5) is 13.0. The Bertz CT molecular complexity index is 1000. The Morgan fingerprint density at radius 3 is 2.84 bits per heavy atom. The molecule has 0 atom stereocenters. The lowest BCUT2D eigenvalue weighted by atomic mass is 10.2. The summed E-state index contributed by atoms with van der Waals surface area (Å²) in [7, 11) is 0. The monoisotopic (exact) mass is 335 g/mol. The minimum absolute atomic E-state index is 0.222. The van der Waals surface area contributed by atoms with Gasteiger partial charge in [0.2, 0.25) is 0 Å². The zero-order valence-electron chi connectivity index (χ0n) is 13.9. The van der Waals surface area contributed by atoms with Crippen LogP contribution in [0.25, 0.3) is 17.1 Å². The van der Waals surface area contributed by atoms with E-state index >= 15 is 0 Å². The molecule has 126 valence electrons. The average molecular weight is 335 g/mol. The fourth-order valence-corrected chi connectivity index (χ4v) is 2.45. The van der Waals surface area contributed by atoms with Crippen molar-refractivity contribution in [2.75, 3.05) is 5.32 Å². The lowest BCUT2D eigenvalue weighted by Crippen LogP contribution is -2.07. The smallest absolute Gasteiger partial charge is 0.258 e. The molecule has 1 N–H and O–H groups in total. The highest BCUT2D eigenvalue weighted by molar-refractivity contribution is 5.58. The third-order valence-electron chi connectivity index (χ3n) is 3.78. The van der Waals surface area contributed by atoms with Gasteiger partial charge >= 0.3 is 0 Å². The van der Waals surface area contributed by atoms with Crippen LogP contribution in [0.4, 0.5) is 5.82 Å². The molecule has 0 amide bonds. The van der Waals surface area contributed by atoms with E-state index in [4.69, 9.17) is 4.52 Å². The van der Waals surface area contributed by atoms with Gasteiger partial charge < -0.3 is 9.84 Å². The number of anilines is 1. The van der Waals surface area contributed by atoms with Crippen LogP contribution in [0.3, 0.4) is 0 Å². The van der Waals surface area contributed by atoms with Gasteiger partial charge in [-0.15, -0.1) is 0 Å². The van der Waals surface area contributed by atoms with Gasteiger partial charge in [-0.25, -0.2) is 14.5 Å². The van der Waals surface area contributed by atoms with Gasteiger partial charge in [0.1, 0.15) is 5.82 Å². The summed E-state index contributed by atoms with van der Waals surface area (Å²) >= 11 is 0. The number of pyridine rings is 1. The first kappa shape index (κ1) is 15.3. The molecule has 0 unspecified atom stereocenters. The molecule has 0 bridgehead atoms. The molecule has 0 saturated carbocycles. The maximum atomic E-state index is 5.34. The first-order valence-corrected chi connectivity index (χ1v) is 8.02. The fraction of sp³-hybridized carbons (Fsp3) is 0.235. The van der Waals surface area contributed by atoms with Crippen molar-refractivity contribution in [3.8, 4) is 11.5 Å². The van der Waals surface area contributed by atoms with Crippen LogP contribution in [0, 0.1) is 0 Å². The number of hydrogen-bond donors (Lipinski definition) is 1. The van der Waals surface area contributed by atoms with Gasteiger partial charge in [0, 0.05) is 29.9 Å². The lowest BCUT2D eigenvalue weighted by molar-refractivity contribution is 0.419. The number of rotatable bonds is 5. The number of hydrogen-bond acceptors (Lipinski definition) is 7. The minimum Gasteiger partial charge on any atom is -0.364 e. The highest BCUT2D eigenvalue weighted by Crippen LogP contribution is 2.21. The van der Waals surface area contributed by atoms with E-state index in [9.17, 15) is 0 Å². The molecule has 4 aromatic heterocycles. The molecule has 8 heteroatoms. The Balaban J connectivity index is 1.54. The van der Waals surface area contributed by atoms with Gasteiger partial charge in [-0.1, -0.05) is 19.0 Å². The van der Waals surface area contributed by atoms with Gasteiger partial charge in [0.15, 0.2) is 11.5 Å². The largest absolute Gasteiger partial charge is 0.364 e. The lowest BCUT2D eigenvalue weighted by Gasteiger charge is -2.07. The number of fused-ring (bicyclic) bond motifs is 1. The van der Waals surface area contributed by atoms with Crippen LogP contribution in [0.1, 0.15) is 31.3 Å². The normalized spacial score (nSPS) is 11.3. The van der Waals surface area contributed by atoms with Crippen molar-refractivity contribution in [1.29, 1.82) is 0 Å². The van der Waals surface area contributed by atoms with Crippen molar-refractivity contribution < 1.29 is 4.52 Å². The predicted octanol–water partition coefficient (Wildman–Crippen LogP) is 2.91. The molecule has 0 radical (unpaired) electrons. The Kier molecular flexibility index (Phi) is 3.85. The summed E-state index contributed by atoms with van der Waals surface area (Å²) in [5, 5.41) is 11.6. The van der Waals surface area contributed by atoms with Gasteiger partial charge in [-0.05, 0) is 18.2 Å². The van der Waals surface area contributed by atoms with Crippen LogP contribution in [0.2, 0.25) is 0 Å². The topological polar surface area (TPSA) is 94.0 Å². The summed E-state index contributed by atoms with van der Waals surface area (Å²) in [5.74, 6) is 2.13. The van der Waals surface area contributed by atoms with E-state index in [1.54, 1.807) is 23.1 Å². The van der Waals surface area contributed by atoms with Gasteiger partial charge in [0.05, 0.1) is 18.4 Å². The zero-order chi connectivity index (χ0) is 17.2. The van der Waals surface area contributed by atoms with E-state index in [0.29, 0.717) is 18.3 Å². The Hall–Kier alpha value is -3.29. The molecule has 0 aromatic carbocycles.